The molecule has 0 radical (unpaired) electrons. The number of amides is 1. The number of nitrogens with one attached hydrogen (secondary N) is 1. The first-order valence-electron chi connectivity index (χ1n) is 7.69. The molecule has 0 bridgehead atoms. The molecule has 0 atom stereocenters. The third-order valence-electron chi connectivity index (χ3n) is 5.16. The van der Waals surface area contributed by atoms with Gasteiger partial charge in [0.2, 0.25) is 5.91 Å². The van der Waals surface area contributed by atoms with Gasteiger partial charge in [0.05, 0.1) is 0 Å². The molecule has 0 heterocycles. The van der Waals surface area contributed by atoms with Gasteiger partial charge in [-0.2, -0.15) is 0 Å². The summed E-state index contributed by atoms with van der Waals surface area (Å²) in [6.07, 6.45) is 7.60. The molecule has 0 aromatic rings. The van der Waals surface area contributed by atoms with E-state index in [1.807, 2.05) is 0 Å². The van der Waals surface area contributed by atoms with Gasteiger partial charge in [-0.1, -0.05) is 31.8 Å². The molecule has 2 rings (SSSR count). The van der Waals surface area contributed by atoms with E-state index in [-0.39, 0.29) is 17.8 Å². The molecule has 0 aromatic carbocycles. The largest absolute Gasteiger partial charge is 0.409 e. The van der Waals surface area contributed by atoms with Crippen LogP contribution in [-0.4, -0.2) is 23.0 Å². The van der Waals surface area contributed by atoms with Crippen molar-refractivity contribution in [3.63, 3.8) is 0 Å². The molecule has 5 heteroatoms. The van der Waals surface area contributed by atoms with Crippen molar-refractivity contribution in [3.8, 4) is 0 Å². The quantitative estimate of drug-likeness (QED) is 0.321. The fraction of sp³-hybridized carbons (Fsp3) is 0.867. The Bertz CT molecular complexity index is 388. The van der Waals surface area contributed by atoms with Crippen molar-refractivity contribution in [2.45, 2.75) is 71.3 Å². The van der Waals surface area contributed by atoms with Crippen LogP contribution < -0.4 is 11.1 Å². The predicted molar refractivity (Wildman–Crippen MR) is 78.5 cm³/mol. The topological polar surface area (TPSA) is 87.7 Å². The van der Waals surface area contributed by atoms with Crippen LogP contribution in [0.4, 0.5) is 0 Å². The summed E-state index contributed by atoms with van der Waals surface area (Å²) in [6, 6.07) is 0.236. The minimum Gasteiger partial charge on any atom is -0.409 e. The number of carbonyl (C=O) groups excluding carboxylic acids is 1. The van der Waals surface area contributed by atoms with Gasteiger partial charge >= 0.3 is 0 Å². The lowest BCUT2D eigenvalue weighted by molar-refractivity contribution is -0.128. The van der Waals surface area contributed by atoms with Gasteiger partial charge in [-0.05, 0) is 43.9 Å². The Morgan fingerprint density at radius 2 is 1.75 bits per heavy atom. The van der Waals surface area contributed by atoms with Crippen molar-refractivity contribution in [1.29, 1.82) is 0 Å². The normalized spacial score (nSPS) is 26.4. The zero-order chi connectivity index (χ0) is 14.8. The van der Waals surface area contributed by atoms with E-state index in [1.54, 1.807) is 0 Å². The van der Waals surface area contributed by atoms with Crippen LogP contribution in [0.25, 0.3) is 0 Å². The Morgan fingerprint density at radius 1 is 1.20 bits per heavy atom. The summed E-state index contributed by atoms with van der Waals surface area (Å²) in [6.45, 7) is 4.56. The third-order valence-corrected chi connectivity index (χ3v) is 5.16. The maximum absolute atomic E-state index is 12.6. The predicted octanol–water partition coefficient (Wildman–Crippen LogP) is 2.38. The molecule has 0 unspecified atom stereocenters. The van der Waals surface area contributed by atoms with Crippen molar-refractivity contribution in [3.05, 3.63) is 0 Å². The molecule has 114 valence electrons. The van der Waals surface area contributed by atoms with Crippen LogP contribution in [0.2, 0.25) is 0 Å². The lowest BCUT2D eigenvalue weighted by Gasteiger charge is -2.36. The SMILES string of the molecule is CC1(C)CCC(NC(=O)C2(C(N)=NO)CCCC2)CC1. The molecule has 0 saturated heterocycles. The van der Waals surface area contributed by atoms with Gasteiger partial charge in [0.1, 0.15) is 5.41 Å². The van der Waals surface area contributed by atoms with Crippen molar-refractivity contribution in [1.82, 2.24) is 5.32 Å². The van der Waals surface area contributed by atoms with Crippen molar-refractivity contribution in [2.75, 3.05) is 0 Å². The molecule has 20 heavy (non-hydrogen) atoms. The second kappa shape index (κ2) is 5.62. The van der Waals surface area contributed by atoms with E-state index in [9.17, 15) is 4.79 Å². The zero-order valence-electron chi connectivity index (χ0n) is 12.6. The van der Waals surface area contributed by atoms with Gasteiger partial charge in [-0.3, -0.25) is 4.79 Å². The smallest absolute Gasteiger partial charge is 0.234 e. The number of carbonyl (C=O) groups is 1. The first-order valence-corrected chi connectivity index (χ1v) is 7.69. The number of nitrogens with zero attached hydrogens (tertiary/aromatic N) is 1. The third kappa shape index (κ3) is 2.91. The van der Waals surface area contributed by atoms with E-state index in [0.717, 1.165) is 38.5 Å². The minimum atomic E-state index is -0.776. The van der Waals surface area contributed by atoms with E-state index >= 15 is 0 Å². The number of hydrogen-bond donors (Lipinski definition) is 3. The van der Waals surface area contributed by atoms with E-state index in [0.29, 0.717) is 18.3 Å². The molecule has 1 amide bonds. The first kappa shape index (κ1) is 15.1. The molecule has 2 fully saturated rings. The summed E-state index contributed by atoms with van der Waals surface area (Å²) < 4.78 is 0. The van der Waals surface area contributed by atoms with Crippen LogP contribution >= 0.6 is 0 Å². The number of rotatable bonds is 3. The molecule has 4 N–H and O–H groups in total. The molecule has 0 aromatic heterocycles. The number of oxime groups is 1. The molecular weight excluding hydrogens is 254 g/mol. The van der Waals surface area contributed by atoms with Crippen molar-refractivity contribution >= 4 is 11.7 Å². The second-order valence-electron chi connectivity index (χ2n) is 7.19. The summed E-state index contributed by atoms with van der Waals surface area (Å²) in [5, 5.41) is 15.2. The zero-order valence-corrected chi connectivity index (χ0v) is 12.6. The Labute approximate surface area is 121 Å². The van der Waals surface area contributed by atoms with Crippen molar-refractivity contribution < 1.29 is 10.0 Å². The summed E-state index contributed by atoms with van der Waals surface area (Å²) in [4.78, 5) is 12.6. The lowest BCUT2D eigenvalue weighted by atomic mass is 9.75. The second-order valence-corrected chi connectivity index (χ2v) is 7.19. The first-order chi connectivity index (χ1) is 9.39. The van der Waals surface area contributed by atoms with Crippen LogP contribution in [0.15, 0.2) is 5.16 Å². The standard InChI is InChI=1S/C15H27N3O2/c1-14(2)9-5-11(6-10-14)17-13(19)15(12(16)18-20)7-3-4-8-15/h11,20H,3-10H2,1-2H3,(H2,16,18)(H,17,19). The van der Waals surface area contributed by atoms with Gasteiger partial charge in [0.15, 0.2) is 5.84 Å². The Hall–Kier alpha value is -1.26. The fourth-order valence-electron chi connectivity index (χ4n) is 3.54. The number of amidine groups is 1. The highest BCUT2D eigenvalue weighted by molar-refractivity contribution is 6.07. The van der Waals surface area contributed by atoms with Gasteiger partial charge in [0.25, 0.3) is 0 Å². The van der Waals surface area contributed by atoms with E-state index < -0.39 is 5.41 Å². The van der Waals surface area contributed by atoms with Crippen molar-refractivity contribution in [2.24, 2.45) is 21.7 Å². The van der Waals surface area contributed by atoms with Gasteiger partial charge in [-0.15, -0.1) is 0 Å². The highest BCUT2D eigenvalue weighted by atomic mass is 16.4. The molecule has 2 aliphatic rings. The van der Waals surface area contributed by atoms with Crippen LogP contribution in [0, 0.1) is 10.8 Å². The number of nitrogens with two attached hydrogens (primary N) is 1. The van der Waals surface area contributed by atoms with Crippen LogP contribution in [0.5, 0.6) is 0 Å². The fourth-order valence-corrected chi connectivity index (χ4v) is 3.54. The van der Waals surface area contributed by atoms with Crippen LogP contribution in [-0.2, 0) is 4.79 Å². The molecule has 0 aliphatic heterocycles. The van der Waals surface area contributed by atoms with E-state index in [4.69, 9.17) is 10.9 Å². The lowest BCUT2D eigenvalue weighted by Crippen LogP contribution is -2.51. The highest BCUT2D eigenvalue weighted by Gasteiger charge is 2.46. The molecule has 2 saturated carbocycles. The maximum Gasteiger partial charge on any atom is 0.234 e. The maximum atomic E-state index is 12.6. The van der Waals surface area contributed by atoms with Crippen LogP contribution in [0.3, 0.4) is 0 Å². The Kier molecular flexibility index (Phi) is 4.25. The van der Waals surface area contributed by atoms with E-state index in [2.05, 4.69) is 24.3 Å². The average Bonchev–Trinajstić information content (AvgIpc) is 2.91. The molecule has 2 aliphatic carbocycles. The summed E-state index contributed by atoms with van der Waals surface area (Å²) >= 11 is 0. The number of hydrogen-bond acceptors (Lipinski definition) is 3. The Morgan fingerprint density at radius 3 is 2.25 bits per heavy atom. The summed E-state index contributed by atoms with van der Waals surface area (Å²) in [7, 11) is 0. The van der Waals surface area contributed by atoms with Gasteiger partial charge in [-0.25, -0.2) is 0 Å². The molecule has 0 spiro atoms. The average molecular weight is 281 g/mol. The molecule has 5 nitrogen and oxygen atoms in total. The summed E-state index contributed by atoms with van der Waals surface area (Å²) in [5.41, 5.74) is 5.41. The van der Waals surface area contributed by atoms with Gasteiger partial charge in [0, 0.05) is 6.04 Å². The Balaban J connectivity index is 2.00. The van der Waals surface area contributed by atoms with E-state index in [1.165, 1.54) is 0 Å². The van der Waals surface area contributed by atoms with Gasteiger partial charge < -0.3 is 16.3 Å². The molecular formula is C15H27N3O2. The summed E-state index contributed by atoms with van der Waals surface area (Å²) in [5.74, 6) is 0.0265. The monoisotopic (exact) mass is 281 g/mol. The minimum absolute atomic E-state index is 0.0463. The highest BCUT2D eigenvalue weighted by Crippen LogP contribution is 2.40. The van der Waals surface area contributed by atoms with Crippen LogP contribution in [0.1, 0.15) is 65.2 Å².